The Bertz CT molecular complexity index is 256. The van der Waals surface area contributed by atoms with Gasteiger partial charge in [-0.25, -0.2) is 4.98 Å². The van der Waals surface area contributed by atoms with Crippen LogP contribution in [0.25, 0.3) is 0 Å². The molecule has 0 spiro atoms. The molecule has 2 rings (SSSR count). The second-order valence-electron chi connectivity index (χ2n) is 3.75. The molecule has 2 heterocycles. The molecule has 0 aromatic carbocycles. The first-order valence-electron chi connectivity index (χ1n) is 5.46. The highest BCUT2D eigenvalue weighted by molar-refractivity contribution is 7.07. The molecule has 1 aromatic rings. The Balaban J connectivity index is 1.54. The molecule has 0 unspecified atom stereocenters. The molecular formula is C10H18N4S. The Morgan fingerprint density at radius 1 is 1.47 bits per heavy atom. The summed E-state index contributed by atoms with van der Waals surface area (Å²) in [6.07, 6.45) is 0. The van der Waals surface area contributed by atoms with Crippen LogP contribution in [0.4, 0.5) is 0 Å². The molecule has 0 saturated carbocycles. The highest BCUT2D eigenvalue weighted by Crippen LogP contribution is 1.99. The lowest BCUT2D eigenvalue weighted by Crippen LogP contribution is -2.45. The lowest BCUT2D eigenvalue weighted by molar-refractivity contribution is 0.241. The first kappa shape index (κ1) is 11.0. The molecule has 2 N–H and O–H groups in total. The molecule has 0 amide bonds. The molecular weight excluding hydrogens is 208 g/mol. The van der Waals surface area contributed by atoms with Crippen LogP contribution in [0.3, 0.4) is 0 Å². The largest absolute Gasteiger partial charge is 0.314 e. The van der Waals surface area contributed by atoms with Gasteiger partial charge in [-0.2, -0.15) is 0 Å². The number of nitrogens with zero attached hydrogens (tertiary/aromatic N) is 2. The van der Waals surface area contributed by atoms with E-state index < -0.39 is 0 Å². The van der Waals surface area contributed by atoms with Gasteiger partial charge in [-0.15, -0.1) is 11.3 Å². The van der Waals surface area contributed by atoms with Crippen molar-refractivity contribution in [1.29, 1.82) is 0 Å². The second-order valence-corrected chi connectivity index (χ2v) is 4.47. The van der Waals surface area contributed by atoms with Gasteiger partial charge in [-0.05, 0) is 0 Å². The monoisotopic (exact) mass is 226 g/mol. The van der Waals surface area contributed by atoms with Gasteiger partial charge in [0.05, 0.1) is 11.2 Å². The summed E-state index contributed by atoms with van der Waals surface area (Å²) in [6, 6.07) is 0. The van der Waals surface area contributed by atoms with Gasteiger partial charge < -0.3 is 10.6 Å². The van der Waals surface area contributed by atoms with Gasteiger partial charge in [0.25, 0.3) is 0 Å². The fourth-order valence-electron chi connectivity index (χ4n) is 1.71. The van der Waals surface area contributed by atoms with E-state index in [2.05, 4.69) is 25.9 Å². The lowest BCUT2D eigenvalue weighted by Gasteiger charge is -2.27. The van der Waals surface area contributed by atoms with E-state index in [4.69, 9.17) is 0 Å². The maximum absolute atomic E-state index is 4.23. The van der Waals surface area contributed by atoms with Gasteiger partial charge >= 0.3 is 0 Å². The first-order valence-corrected chi connectivity index (χ1v) is 6.40. The van der Waals surface area contributed by atoms with Crippen LogP contribution in [-0.2, 0) is 6.54 Å². The molecule has 1 fully saturated rings. The third-order valence-corrected chi connectivity index (χ3v) is 3.24. The summed E-state index contributed by atoms with van der Waals surface area (Å²) in [5.74, 6) is 0. The Morgan fingerprint density at radius 3 is 3.07 bits per heavy atom. The van der Waals surface area contributed by atoms with Gasteiger partial charge in [0, 0.05) is 51.2 Å². The van der Waals surface area contributed by atoms with Crippen LogP contribution in [0.1, 0.15) is 5.69 Å². The number of thiazole rings is 1. The van der Waals surface area contributed by atoms with Crippen LogP contribution in [0.5, 0.6) is 0 Å². The molecule has 5 heteroatoms. The average molecular weight is 226 g/mol. The van der Waals surface area contributed by atoms with E-state index >= 15 is 0 Å². The zero-order valence-corrected chi connectivity index (χ0v) is 9.72. The third-order valence-electron chi connectivity index (χ3n) is 2.60. The van der Waals surface area contributed by atoms with E-state index in [1.165, 1.54) is 13.1 Å². The summed E-state index contributed by atoms with van der Waals surface area (Å²) in [6.45, 7) is 7.72. The number of hydrogen-bond donors (Lipinski definition) is 2. The molecule has 0 atom stereocenters. The molecule has 84 valence electrons. The Labute approximate surface area is 94.7 Å². The van der Waals surface area contributed by atoms with Crippen LogP contribution in [0.15, 0.2) is 10.9 Å². The fraction of sp³-hybridized carbons (Fsp3) is 0.700. The van der Waals surface area contributed by atoms with Crippen LogP contribution < -0.4 is 10.6 Å². The van der Waals surface area contributed by atoms with Crippen molar-refractivity contribution in [1.82, 2.24) is 20.5 Å². The topological polar surface area (TPSA) is 40.2 Å². The molecule has 1 aliphatic rings. The summed E-state index contributed by atoms with van der Waals surface area (Å²) in [4.78, 5) is 6.72. The Kier molecular flexibility index (Phi) is 4.53. The van der Waals surface area contributed by atoms with Gasteiger partial charge in [0.1, 0.15) is 0 Å². The number of hydrogen-bond acceptors (Lipinski definition) is 5. The van der Waals surface area contributed by atoms with Crippen molar-refractivity contribution in [2.45, 2.75) is 6.54 Å². The van der Waals surface area contributed by atoms with Crippen LogP contribution in [0.2, 0.25) is 0 Å². The summed E-state index contributed by atoms with van der Waals surface area (Å²) in [5.41, 5.74) is 3.04. The first-order chi connectivity index (χ1) is 7.45. The average Bonchev–Trinajstić information content (AvgIpc) is 2.79. The van der Waals surface area contributed by atoms with Crippen molar-refractivity contribution < 1.29 is 0 Å². The Morgan fingerprint density at radius 2 is 2.33 bits per heavy atom. The van der Waals surface area contributed by atoms with Crippen LogP contribution >= 0.6 is 11.3 Å². The van der Waals surface area contributed by atoms with E-state index in [0.717, 1.165) is 38.4 Å². The van der Waals surface area contributed by atoms with Crippen LogP contribution in [0, 0.1) is 0 Å². The smallest absolute Gasteiger partial charge is 0.0795 e. The summed E-state index contributed by atoms with van der Waals surface area (Å²) < 4.78 is 0. The van der Waals surface area contributed by atoms with E-state index in [0.29, 0.717) is 0 Å². The molecule has 0 bridgehead atoms. The number of rotatable bonds is 5. The van der Waals surface area contributed by atoms with E-state index in [-0.39, 0.29) is 0 Å². The number of piperazine rings is 1. The maximum atomic E-state index is 4.23. The van der Waals surface area contributed by atoms with E-state index in [1.807, 2.05) is 5.51 Å². The third kappa shape index (κ3) is 3.87. The molecule has 1 aromatic heterocycles. The summed E-state index contributed by atoms with van der Waals surface area (Å²) in [5, 5.41) is 8.87. The molecule has 0 radical (unpaired) electrons. The molecule has 4 nitrogen and oxygen atoms in total. The predicted octanol–water partition coefficient (Wildman–Crippen LogP) is 0.138. The van der Waals surface area contributed by atoms with Gasteiger partial charge in [-0.3, -0.25) is 4.90 Å². The van der Waals surface area contributed by atoms with Gasteiger partial charge in [0.15, 0.2) is 0 Å². The molecule has 15 heavy (non-hydrogen) atoms. The fourth-order valence-corrected chi connectivity index (χ4v) is 2.27. The van der Waals surface area contributed by atoms with E-state index in [1.54, 1.807) is 11.3 Å². The minimum atomic E-state index is 0.898. The SMILES string of the molecule is c1nc(CNCCN2CCNCC2)cs1. The van der Waals surface area contributed by atoms with Crippen molar-refractivity contribution in [3.8, 4) is 0 Å². The van der Waals surface area contributed by atoms with Crippen molar-refractivity contribution in [3.05, 3.63) is 16.6 Å². The highest BCUT2D eigenvalue weighted by Gasteiger charge is 2.07. The minimum absolute atomic E-state index is 0.898. The Hall–Kier alpha value is -0.490. The van der Waals surface area contributed by atoms with Crippen LogP contribution in [-0.4, -0.2) is 49.2 Å². The molecule has 1 saturated heterocycles. The summed E-state index contributed by atoms with van der Waals surface area (Å²) >= 11 is 1.66. The van der Waals surface area contributed by atoms with E-state index in [9.17, 15) is 0 Å². The van der Waals surface area contributed by atoms with Crippen molar-refractivity contribution in [2.24, 2.45) is 0 Å². The molecule has 1 aliphatic heterocycles. The van der Waals surface area contributed by atoms with Crippen molar-refractivity contribution >= 4 is 11.3 Å². The maximum Gasteiger partial charge on any atom is 0.0795 e. The van der Waals surface area contributed by atoms with Gasteiger partial charge in [0.2, 0.25) is 0 Å². The standard InChI is InChI=1S/C10H18N4S/c1-4-14(5-2-11-1)6-3-12-7-10-8-15-9-13-10/h8-9,11-12H,1-7H2. The summed E-state index contributed by atoms with van der Waals surface area (Å²) in [7, 11) is 0. The second kappa shape index (κ2) is 6.17. The number of aromatic nitrogens is 1. The molecule has 0 aliphatic carbocycles. The van der Waals surface area contributed by atoms with Crippen molar-refractivity contribution in [3.63, 3.8) is 0 Å². The quantitative estimate of drug-likeness (QED) is 0.701. The lowest BCUT2D eigenvalue weighted by atomic mass is 10.3. The van der Waals surface area contributed by atoms with Crippen molar-refractivity contribution in [2.75, 3.05) is 39.3 Å². The zero-order valence-electron chi connectivity index (χ0n) is 8.91. The normalized spacial score (nSPS) is 18.1. The highest BCUT2D eigenvalue weighted by atomic mass is 32.1. The van der Waals surface area contributed by atoms with Gasteiger partial charge in [-0.1, -0.05) is 0 Å². The minimum Gasteiger partial charge on any atom is -0.314 e. The zero-order chi connectivity index (χ0) is 10.3. The predicted molar refractivity (Wildman–Crippen MR) is 63.1 cm³/mol. The number of nitrogens with one attached hydrogen (secondary N) is 2.